The first-order valence-electron chi connectivity index (χ1n) is 8.03. The standard InChI is InChI=1S/C18H27NO2/c1-4-5-12-20-13-8-11-19-15(3)18-14(2)16-9-6-7-10-17(16)21-18/h6-7,9-10,15,19H,4-5,8,11-13H2,1-3H3. The Labute approximate surface area is 127 Å². The zero-order valence-corrected chi connectivity index (χ0v) is 13.4. The third-order valence-electron chi connectivity index (χ3n) is 3.83. The van der Waals surface area contributed by atoms with Crippen LogP contribution < -0.4 is 5.32 Å². The molecule has 0 saturated carbocycles. The average molecular weight is 289 g/mol. The molecule has 0 aliphatic carbocycles. The third kappa shape index (κ3) is 4.32. The molecule has 0 spiro atoms. The van der Waals surface area contributed by atoms with Gasteiger partial charge in [-0.1, -0.05) is 31.5 Å². The van der Waals surface area contributed by atoms with E-state index in [1.165, 1.54) is 17.4 Å². The summed E-state index contributed by atoms with van der Waals surface area (Å²) in [6.45, 7) is 9.13. The maximum Gasteiger partial charge on any atom is 0.134 e. The van der Waals surface area contributed by atoms with Gasteiger partial charge in [-0.2, -0.15) is 0 Å². The summed E-state index contributed by atoms with van der Waals surface area (Å²) >= 11 is 0. The summed E-state index contributed by atoms with van der Waals surface area (Å²) in [5, 5.41) is 4.73. The van der Waals surface area contributed by atoms with Crippen LogP contribution in [0.4, 0.5) is 0 Å². The Kier molecular flexibility index (Phi) is 6.27. The van der Waals surface area contributed by atoms with Crippen molar-refractivity contribution in [3.63, 3.8) is 0 Å². The van der Waals surface area contributed by atoms with Crippen LogP contribution >= 0.6 is 0 Å². The van der Waals surface area contributed by atoms with Gasteiger partial charge in [-0.3, -0.25) is 0 Å². The molecule has 0 amide bonds. The van der Waals surface area contributed by atoms with Gasteiger partial charge in [0.1, 0.15) is 11.3 Å². The molecule has 1 unspecified atom stereocenters. The van der Waals surface area contributed by atoms with Crippen LogP contribution in [0.15, 0.2) is 28.7 Å². The van der Waals surface area contributed by atoms with Crippen molar-refractivity contribution in [3.8, 4) is 0 Å². The predicted molar refractivity (Wildman–Crippen MR) is 87.7 cm³/mol. The number of hydrogen-bond acceptors (Lipinski definition) is 3. The quantitative estimate of drug-likeness (QED) is 0.685. The summed E-state index contributed by atoms with van der Waals surface area (Å²) < 4.78 is 11.5. The first kappa shape index (κ1) is 16.1. The topological polar surface area (TPSA) is 34.4 Å². The van der Waals surface area contributed by atoms with Crippen molar-refractivity contribution < 1.29 is 9.15 Å². The van der Waals surface area contributed by atoms with Crippen LogP contribution in [-0.2, 0) is 4.74 Å². The van der Waals surface area contributed by atoms with E-state index in [-0.39, 0.29) is 6.04 Å². The van der Waals surface area contributed by atoms with Gasteiger partial charge in [0.2, 0.25) is 0 Å². The minimum atomic E-state index is 0.230. The monoisotopic (exact) mass is 289 g/mol. The average Bonchev–Trinajstić information content (AvgIpc) is 2.84. The van der Waals surface area contributed by atoms with Crippen LogP contribution in [0.3, 0.4) is 0 Å². The molecule has 2 aromatic rings. The molecular weight excluding hydrogens is 262 g/mol. The van der Waals surface area contributed by atoms with Crippen molar-refractivity contribution in [3.05, 3.63) is 35.6 Å². The van der Waals surface area contributed by atoms with Gasteiger partial charge in [0.25, 0.3) is 0 Å². The minimum Gasteiger partial charge on any atom is -0.459 e. The molecule has 0 bridgehead atoms. The Hall–Kier alpha value is -1.32. The van der Waals surface area contributed by atoms with Gasteiger partial charge in [-0.05, 0) is 44.9 Å². The van der Waals surface area contributed by atoms with Gasteiger partial charge in [0.15, 0.2) is 0 Å². The fourth-order valence-electron chi connectivity index (χ4n) is 2.54. The molecule has 1 atom stereocenters. The highest BCUT2D eigenvalue weighted by Gasteiger charge is 2.15. The fraction of sp³-hybridized carbons (Fsp3) is 0.556. The van der Waals surface area contributed by atoms with Crippen molar-refractivity contribution in [2.75, 3.05) is 19.8 Å². The molecule has 0 fully saturated rings. The number of benzene rings is 1. The zero-order valence-electron chi connectivity index (χ0n) is 13.4. The first-order valence-corrected chi connectivity index (χ1v) is 8.03. The van der Waals surface area contributed by atoms with Gasteiger partial charge in [0, 0.05) is 18.6 Å². The van der Waals surface area contributed by atoms with E-state index in [1.807, 2.05) is 12.1 Å². The molecule has 1 heterocycles. The van der Waals surface area contributed by atoms with Crippen LogP contribution in [0, 0.1) is 6.92 Å². The number of unbranched alkanes of at least 4 members (excludes halogenated alkanes) is 1. The van der Waals surface area contributed by atoms with Crippen molar-refractivity contribution in [2.24, 2.45) is 0 Å². The summed E-state index contributed by atoms with van der Waals surface area (Å²) in [6.07, 6.45) is 3.38. The second-order valence-corrected chi connectivity index (χ2v) is 5.58. The minimum absolute atomic E-state index is 0.230. The van der Waals surface area contributed by atoms with Gasteiger partial charge in [-0.15, -0.1) is 0 Å². The van der Waals surface area contributed by atoms with E-state index in [0.29, 0.717) is 0 Å². The van der Waals surface area contributed by atoms with Crippen molar-refractivity contribution in [2.45, 2.75) is 46.1 Å². The normalized spacial score (nSPS) is 12.9. The van der Waals surface area contributed by atoms with Crippen LogP contribution in [0.1, 0.15) is 50.5 Å². The van der Waals surface area contributed by atoms with Gasteiger partial charge >= 0.3 is 0 Å². The Balaban J connectivity index is 1.79. The van der Waals surface area contributed by atoms with Gasteiger partial charge in [0.05, 0.1) is 6.04 Å². The fourth-order valence-corrected chi connectivity index (χ4v) is 2.54. The predicted octanol–water partition coefficient (Wildman–Crippen LogP) is 4.60. The Bertz CT molecular complexity index is 547. The number of fused-ring (bicyclic) bond motifs is 1. The molecule has 0 radical (unpaired) electrons. The summed E-state index contributed by atoms with van der Waals surface area (Å²) in [5.74, 6) is 1.04. The molecule has 0 saturated heterocycles. The Morgan fingerprint density at radius 2 is 1.95 bits per heavy atom. The molecule has 3 nitrogen and oxygen atoms in total. The molecule has 1 aromatic carbocycles. The van der Waals surface area contributed by atoms with Crippen LogP contribution in [0.2, 0.25) is 0 Å². The second kappa shape index (κ2) is 8.20. The second-order valence-electron chi connectivity index (χ2n) is 5.58. The number of aryl methyl sites for hydroxylation is 1. The number of nitrogens with one attached hydrogen (secondary N) is 1. The summed E-state index contributed by atoms with van der Waals surface area (Å²) in [4.78, 5) is 0. The van der Waals surface area contributed by atoms with E-state index in [2.05, 4.69) is 38.2 Å². The molecule has 0 aliphatic rings. The zero-order chi connectivity index (χ0) is 15.1. The highest BCUT2D eigenvalue weighted by Crippen LogP contribution is 2.28. The molecular formula is C18H27NO2. The lowest BCUT2D eigenvalue weighted by Crippen LogP contribution is -2.21. The van der Waals surface area contributed by atoms with E-state index in [0.717, 1.165) is 43.9 Å². The molecule has 3 heteroatoms. The van der Waals surface area contributed by atoms with E-state index >= 15 is 0 Å². The lowest BCUT2D eigenvalue weighted by molar-refractivity contribution is 0.128. The first-order chi connectivity index (χ1) is 10.2. The molecule has 21 heavy (non-hydrogen) atoms. The molecule has 1 N–H and O–H groups in total. The smallest absolute Gasteiger partial charge is 0.134 e. The van der Waals surface area contributed by atoms with Crippen LogP contribution in [0.25, 0.3) is 11.0 Å². The highest BCUT2D eigenvalue weighted by atomic mass is 16.5. The highest BCUT2D eigenvalue weighted by molar-refractivity contribution is 5.82. The van der Waals surface area contributed by atoms with Crippen molar-refractivity contribution >= 4 is 11.0 Å². The van der Waals surface area contributed by atoms with Crippen molar-refractivity contribution in [1.82, 2.24) is 5.32 Å². The largest absolute Gasteiger partial charge is 0.459 e. The summed E-state index contributed by atoms with van der Waals surface area (Å²) in [5.41, 5.74) is 2.21. The maximum atomic E-state index is 5.98. The number of para-hydroxylation sites is 1. The SMILES string of the molecule is CCCCOCCCNC(C)c1oc2ccccc2c1C. The number of rotatable bonds is 9. The van der Waals surface area contributed by atoms with E-state index in [1.54, 1.807) is 0 Å². The lowest BCUT2D eigenvalue weighted by atomic mass is 10.1. The van der Waals surface area contributed by atoms with Crippen LogP contribution in [-0.4, -0.2) is 19.8 Å². The summed E-state index contributed by atoms with van der Waals surface area (Å²) in [7, 11) is 0. The number of furan rings is 1. The number of hydrogen-bond donors (Lipinski definition) is 1. The molecule has 0 aliphatic heterocycles. The number of ether oxygens (including phenoxy) is 1. The van der Waals surface area contributed by atoms with Crippen LogP contribution in [0.5, 0.6) is 0 Å². The van der Waals surface area contributed by atoms with E-state index < -0.39 is 0 Å². The summed E-state index contributed by atoms with van der Waals surface area (Å²) in [6, 6.07) is 8.45. The molecule has 1 aromatic heterocycles. The van der Waals surface area contributed by atoms with Gasteiger partial charge < -0.3 is 14.5 Å². The van der Waals surface area contributed by atoms with E-state index in [4.69, 9.17) is 9.15 Å². The molecule has 116 valence electrons. The maximum absolute atomic E-state index is 5.98. The lowest BCUT2D eigenvalue weighted by Gasteiger charge is -2.12. The molecule has 2 rings (SSSR count). The Morgan fingerprint density at radius 3 is 2.71 bits per heavy atom. The van der Waals surface area contributed by atoms with E-state index in [9.17, 15) is 0 Å². The third-order valence-corrected chi connectivity index (χ3v) is 3.83. The van der Waals surface area contributed by atoms with Crippen molar-refractivity contribution in [1.29, 1.82) is 0 Å². The van der Waals surface area contributed by atoms with Gasteiger partial charge in [-0.25, -0.2) is 0 Å². The Morgan fingerprint density at radius 1 is 1.19 bits per heavy atom.